The van der Waals surface area contributed by atoms with Crippen molar-refractivity contribution in [3.05, 3.63) is 97.8 Å². The fraction of sp³-hybridized carbons (Fsp3) is 0.238. The molecule has 1 aromatic heterocycles. The van der Waals surface area contributed by atoms with Crippen molar-refractivity contribution in [2.45, 2.75) is 19.0 Å². The van der Waals surface area contributed by atoms with Crippen molar-refractivity contribution in [3.8, 4) is 5.75 Å². The number of ether oxygens (including phenoxy) is 1. The highest BCUT2D eigenvalue weighted by Crippen LogP contribution is 2.28. The van der Waals surface area contributed by atoms with E-state index in [1.807, 2.05) is 54.6 Å². The molecule has 4 rings (SSSR count). The second-order valence-corrected chi connectivity index (χ2v) is 6.65. The Balaban J connectivity index is 1.84. The minimum absolute atomic E-state index is 0.0526. The van der Waals surface area contributed by atoms with Gasteiger partial charge in [-0.3, -0.25) is 14.3 Å². The molecule has 0 bridgehead atoms. The second kappa shape index (κ2) is 7.25. The maximum absolute atomic E-state index is 12.7. The summed E-state index contributed by atoms with van der Waals surface area (Å²) in [5, 5.41) is 3.30. The topological polar surface area (TPSA) is 76.1 Å². The molecule has 6 nitrogen and oxygen atoms in total. The number of aromatic amines is 1. The van der Waals surface area contributed by atoms with E-state index in [0.29, 0.717) is 25.2 Å². The van der Waals surface area contributed by atoms with Crippen LogP contribution in [0.15, 0.2) is 64.2 Å². The predicted molar refractivity (Wildman–Crippen MR) is 103 cm³/mol. The Kier molecular flexibility index (Phi) is 4.64. The summed E-state index contributed by atoms with van der Waals surface area (Å²) in [6.45, 7) is 1.53. The molecule has 2 heterocycles. The molecule has 27 heavy (non-hydrogen) atoms. The molecule has 1 aliphatic rings. The molecule has 6 heteroatoms. The van der Waals surface area contributed by atoms with E-state index in [4.69, 9.17) is 4.74 Å². The maximum atomic E-state index is 12.7. The van der Waals surface area contributed by atoms with Crippen LogP contribution in [0.5, 0.6) is 5.75 Å². The highest BCUT2D eigenvalue weighted by atomic mass is 16.5. The summed E-state index contributed by atoms with van der Waals surface area (Å²) in [7, 11) is 1.62. The first kappa shape index (κ1) is 17.3. The van der Waals surface area contributed by atoms with Gasteiger partial charge in [0.15, 0.2) is 0 Å². The quantitative estimate of drug-likeness (QED) is 0.742. The molecule has 1 aliphatic heterocycles. The zero-order chi connectivity index (χ0) is 18.8. The van der Waals surface area contributed by atoms with Crippen LogP contribution in [0, 0.1) is 0 Å². The van der Waals surface area contributed by atoms with Gasteiger partial charge in [0.2, 0.25) is 0 Å². The summed E-state index contributed by atoms with van der Waals surface area (Å²) in [6.07, 6.45) is 0. The molecule has 0 spiro atoms. The summed E-state index contributed by atoms with van der Waals surface area (Å²) in [4.78, 5) is 27.6. The Morgan fingerprint density at radius 3 is 2.52 bits per heavy atom. The molecule has 138 valence electrons. The predicted octanol–water partition coefficient (Wildman–Crippen LogP) is 1.83. The zero-order valence-corrected chi connectivity index (χ0v) is 15.1. The standard InChI is InChI=1S/C21H21N3O3/c1-27-16-9-7-14(8-10-16)13-24-19-17(15-5-3-2-4-6-15)11-22-12-18(19)20(25)23-21(24)26/h2-10,17,22H,11-13H2,1H3,(H,23,25,26). The first-order chi connectivity index (χ1) is 13.2. The average Bonchev–Trinajstić information content (AvgIpc) is 2.72. The molecule has 1 unspecified atom stereocenters. The Bertz CT molecular complexity index is 1050. The van der Waals surface area contributed by atoms with E-state index in [-0.39, 0.29) is 17.2 Å². The molecule has 0 saturated heterocycles. The number of nitrogens with zero attached hydrogens (tertiary/aromatic N) is 1. The van der Waals surface area contributed by atoms with Gasteiger partial charge in [0.25, 0.3) is 5.56 Å². The normalized spacial score (nSPS) is 16.0. The fourth-order valence-electron chi connectivity index (χ4n) is 3.67. The molecule has 0 fully saturated rings. The lowest BCUT2D eigenvalue weighted by Gasteiger charge is -2.29. The first-order valence-corrected chi connectivity index (χ1v) is 8.92. The molecular weight excluding hydrogens is 342 g/mol. The first-order valence-electron chi connectivity index (χ1n) is 8.92. The molecule has 3 aromatic rings. The lowest BCUT2D eigenvalue weighted by atomic mass is 9.89. The van der Waals surface area contributed by atoms with Crippen molar-refractivity contribution < 1.29 is 4.74 Å². The highest BCUT2D eigenvalue weighted by Gasteiger charge is 2.27. The van der Waals surface area contributed by atoms with Crippen LogP contribution in [-0.4, -0.2) is 23.2 Å². The summed E-state index contributed by atoms with van der Waals surface area (Å²) >= 11 is 0. The van der Waals surface area contributed by atoms with Gasteiger partial charge >= 0.3 is 5.69 Å². The van der Waals surface area contributed by atoms with Crippen molar-refractivity contribution in [2.75, 3.05) is 13.7 Å². The largest absolute Gasteiger partial charge is 0.497 e. The van der Waals surface area contributed by atoms with Crippen molar-refractivity contribution in [1.29, 1.82) is 0 Å². The third-order valence-electron chi connectivity index (χ3n) is 5.02. The summed E-state index contributed by atoms with van der Waals surface area (Å²) < 4.78 is 6.89. The molecule has 0 aliphatic carbocycles. The van der Waals surface area contributed by atoms with Crippen LogP contribution >= 0.6 is 0 Å². The molecule has 2 N–H and O–H groups in total. The van der Waals surface area contributed by atoms with Gasteiger partial charge in [0, 0.05) is 24.7 Å². The Morgan fingerprint density at radius 2 is 1.81 bits per heavy atom. The Labute approximate surface area is 156 Å². The van der Waals surface area contributed by atoms with Gasteiger partial charge in [0.1, 0.15) is 5.75 Å². The number of nitrogens with one attached hydrogen (secondary N) is 2. The second-order valence-electron chi connectivity index (χ2n) is 6.65. The van der Waals surface area contributed by atoms with Crippen molar-refractivity contribution >= 4 is 0 Å². The average molecular weight is 363 g/mol. The van der Waals surface area contributed by atoms with Crippen LogP contribution in [0.2, 0.25) is 0 Å². The van der Waals surface area contributed by atoms with Gasteiger partial charge in [-0.05, 0) is 23.3 Å². The molecule has 0 radical (unpaired) electrons. The maximum Gasteiger partial charge on any atom is 0.328 e. The number of hydrogen-bond donors (Lipinski definition) is 2. The van der Waals surface area contributed by atoms with Crippen LogP contribution in [0.3, 0.4) is 0 Å². The molecule has 0 amide bonds. The monoisotopic (exact) mass is 363 g/mol. The molecule has 0 saturated carbocycles. The SMILES string of the molecule is COc1ccc(Cn2c3c(c(=O)[nH]c2=O)CNCC3c2ccccc2)cc1. The number of aromatic nitrogens is 2. The van der Waals surface area contributed by atoms with Crippen LogP contribution in [0.25, 0.3) is 0 Å². The van der Waals surface area contributed by atoms with Gasteiger partial charge in [-0.2, -0.15) is 0 Å². The van der Waals surface area contributed by atoms with Crippen molar-refractivity contribution in [1.82, 2.24) is 14.9 Å². The zero-order valence-electron chi connectivity index (χ0n) is 15.1. The minimum atomic E-state index is -0.377. The van der Waals surface area contributed by atoms with E-state index < -0.39 is 0 Å². The van der Waals surface area contributed by atoms with E-state index in [9.17, 15) is 9.59 Å². The van der Waals surface area contributed by atoms with Crippen LogP contribution in [0.4, 0.5) is 0 Å². The Morgan fingerprint density at radius 1 is 1.07 bits per heavy atom. The number of rotatable bonds is 4. The number of benzene rings is 2. The summed E-state index contributed by atoms with van der Waals surface area (Å²) in [5.41, 5.74) is 2.79. The van der Waals surface area contributed by atoms with Crippen molar-refractivity contribution in [3.63, 3.8) is 0 Å². The third-order valence-corrected chi connectivity index (χ3v) is 5.02. The van der Waals surface area contributed by atoms with Gasteiger partial charge in [-0.25, -0.2) is 4.79 Å². The van der Waals surface area contributed by atoms with E-state index in [2.05, 4.69) is 10.3 Å². The van der Waals surface area contributed by atoms with E-state index in [0.717, 1.165) is 22.6 Å². The molecular formula is C21H21N3O3. The van der Waals surface area contributed by atoms with Crippen LogP contribution in [-0.2, 0) is 13.1 Å². The Hall–Kier alpha value is -3.12. The van der Waals surface area contributed by atoms with Gasteiger partial charge in [0.05, 0.1) is 19.2 Å². The number of hydrogen-bond acceptors (Lipinski definition) is 4. The van der Waals surface area contributed by atoms with Gasteiger partial charge in [-0.1, -0.05) is 42.5 Å². The van der Waals surface area contributed by atoms with E-state index in [1.165, 1.54) is 0 Å². The summed E-state index contributed by atoms with van der Waals surface area (Å²) in [5.74, 6) is 0.712. The van der Waals surface area contributed by atoms with Gasteiger partial charge in [-0.15, -0.1) is 0 Å². The number of fused-ring (bicyclic) bond motifs is 1. The fourth-order valence-corrected chi connectivity index (χ4v) is 3.67. The molecule has 2 aromatic carbocycles. The minimum Gasteiger partial charge on any atom is -0.497 e. The number of methoxy groups -OCH3 is 1. The smallest absolute Gasteiger partial charge is 0.328 e. The van der Waals surface area contributed by atoms with Gasteiger partial charge < -0.3 is 10.1 Å². The number of H-pyrrole nitrogens is 1. The van der Waals surface area contributed by atoms with Crippen molar-refractivity contribution in [2.24, 2.45) is 0 Å². The van der Waals surface area contributed by atoms with Crippen LogP contribution in [0.1, 0.15) is 28.3 Å². The molecule has 1 atom stereocenters. The third kappa shape index (κ3) is 3.31. The highest BCUT2D eigenvalue weighted by molar-refractivity contribution is 5.36. The van der Waals surface area contributed by atoms with Crippen LogP contribution < -0.4 is 21.3 Å². The lowest BCUT2D eigenvalue weighted by molar-refractivity contribution is 0.414. The van der Waals surface area contributed by atoms with E-state index in [1.54, 1.807) is 11.7 Å². The summed E-state index contributed by atoms with van der Waals surface area (Å²) in [6, 6.07) is 17.6. The van der Waals surface area contributed by atoms with E-state index >= 15 is 0 Å². The lowest BCUT2D eigenvalue weighted by Crippen LogP contribution is -2.43.